The molecule has 76 valence electrons. The minimum absolute atomic E-state index is 0.0774. The molecule has 1 heterocycles. The van der Waals surface area contributed by atoms with Crippen molar-refractivity contribution in [3.63, 3.8) is 0 Å². The van der Waals surface area contributed by atoms with Crippen LogP contribution in [0.1, 0.15) is 39.0 Å². The summed E-state index contributed by atoms with van der Waals surface area (Å²) in [5.41, 5.74) is 0. The fourth-order valence-corrected chi connectivity index (χ4v) is 1.48. The van der Waals surface area contributed by atoms with E-state index in [9.17, 15) is 4.79 Å². The Kier molecular flexibility index (Phi) is 4.83. The van der Waals surface area contributed by atoms with E-state index in [1.54, 1.807) is 0 Å². The molecule has 1 saturated heterocycles. The molecule has 0 bridgehead atoms. The molecule has 0 aromatic carbocycles. The summed E-state index contributed by atoms with van der Waals surface area (Å²) in [6.45, 7) is 3.70. The molecule has 1 amide bonds. The monoisotopic (exact) mass is 185 g/mol. The zero-order valence-corrected chi connectivity index (χ0v) is 8.34. The summed E-state index contributed by atoms with van der Waals surface area (Å²) in [4.78, 5) is 11.4. The summed E-state index contributed by atoms with van der Waals surface area (Å²) in [7, 11) is 0. The van der Waals surface area contributed by atoms with Crippen LogP contribution in [0.5, 0.6) is 0 Å². The zero-order chi connectivity index (χ0) is 9.52. The number of amides is 1. The number of rotatable bonds is 5. The van der Waals surface area contributed by atoms with Crippen molar-refractivity contribution in [1.82, 2.24) is 5.32 Å². The van der Waals surface area contributed by atoms with Crippen molar-refractivity contribution >= 4 is 5.91 Å². The molecule has 1 rings (SSSR count). The van der Waals surface area contributed by atoms with E-state index in [4.69, 9.17) is 4.74 Å². The quantitative estimate of drug-likeness (QED) is 0.659. The summed E-state index contributed by atoms with van der Waals surface area (Å²) in [5, 5.41) is 2.90. The molecule has 0 aromatic heterocycles. The summed E-state index contributed by atoms with van der Waals surface area (Å²) >= 11 is 0. The highest BCUT2D eigenvalue weighted by molar-refractivity contribution is 5.80. The van der Waals surface area contributed by atoms with Gasteiger partial charge in [-0.3, -0.25) is 4.79 Å². The number of carbonyl (C=O) groups excluding carboxylic acids is 1. The smallest absolute Gasteiger partial charge is 0.249 e. The molecule has 1 aliphatic heterocycles. The van der Waals surface area contributed by atoms with Crippen molar-refractivity contribution in [2.45, 2.75) is 45.1 Å². The maximum atomic E-state index is 11.4. The van der Waals surface area contributed by atoms with Gasteiger partial charge in [-0.2, -0.15) is 0 Å². The van der Waals surface area contributed by atoms with Gasteiger partial charge >= 0.3 is 0 Å². The van der Waals surface area contributed by atoms with Crippen LogP contribution in [0.15, 0.2) is 0 Å². The van der Waals surface area contributed by atoms with Crippen molar-refractivity contribution in [2.75, 3.05) is 13.2 Å². The van der Waals surface area contributed by atoms with Gasteiger partial charge in [0.15, 0.2) is 0 Å². The SMILES string of the molecule is CCCCCNC(=O)C1CCCO1. The average molecular weight is 185 g/mol. The first kappa shape index (κ1) is 10.5. The summed E-state index contributed by atoms with van der Waals surface area (Å²) < 4.78 is 5.26. The Morgan fingerprint density at radius 1 is 1.54 bits per heavy atom. The molecule has 13 heavy (non-hydrogen) atoms. The topological polar surface area (TPSA) is 38.3 Å². The number of ether oxygens (including phenoxy) is 1. The van der Waals surface area contributed by atoms with Crippen LogP contribution in [0.25, 0.3) is 0 Å². The van der Waals surface area contributed by atoms with Crippen LogP contribution in [0.4, 0.5) is 0 Å². The molecule has 1 N–H and O–H groups in total. The molecular formula is C10H19NO2. The normalized spacial score (nSPS) is 21.8. The van der Waals surface area contributed by atoms with E-state index in [1.165, 1.54) is 12.8 Å². The molecule has 1 unspecified atom stereocenters. The van der Waals surface area contributed by atoms with E-state index in [0.717, 1.165) is 32.4 Å². The molecule has 3 heteroatoms. The van der Waals surface area contributed by atoms with E-state index < -0.39 is 0 Å². The third-order valence-corrected chi connectivity index (χ3v) is 2.30. The minimum Gasteiger partial charge on any atom is -0.368 e. The molecule has 0 aromatic rings. The van der Waals surface area contributed by atoms with Crippen molar-refractivity contribution in [3.05, 3.63) is 0 Å². The summed E-state index contributed by atoms with van der Waals surface area (Å²) in [6.07, 6.45) is 5.20. The average Bonchev–Trinajstić information content (AvgIpc) is 2.65. The molecule has 0 radical (unpaired) electrons. The molecular weight excluding hydrogens is 166 g/mol. The predicted octanol–water partition coefficient (Wildman–Crippen LogP) is 1.47. The molecule has 1 fully saturated rings. The number of nitrogens with one attached hydrogen (secondary N) is 1. The Bertz CT molecular complexity index is 153. The van der Waals surface area contributed by atoms with Gasteiger partial charge in [-0.15, -0.1) is 0 Å². The van der Waals surface area contributed by atoms with E-state index in [1.807, 2.05) is 0 Å². The lowest BCUT2D eigenvalue weighted by Gasteiger charge is -2.09. The lowest BCUT2D eigenvalue weighted by molar-refractivity contribution is -0.130. The standard InChI is InChI=1S/C10H19NO2/c1-2-3-4-7-11-10(12)9-6-5-8-13-9/h9H,2-8H2,1H3,(H,11,12). The van der Waals surface area contributed by atoms with E-state index >= 15 is 0 Å². The van der Waals surface area contributed by atoms with Crippen LogP contribution in [0, 0.1) is 0 Å². The van der Waals surface area contributed by atoms with Gasteiger partial charge in [0.2, 0.25) is 5.91 Å². The fourth-order valence-electron chi connectivity index (χ4n) is 1.48. The van der Waals surface area contributed by atoms with Gasteiger partial charge < -0.3 is 10.1 Å². The lowest BCUT2D eigenvalue weighted by Crippen LogP contribution is -2.34. The molecule has 0 spiro atoms. The molecule has 3 nitrogen and oxygen atoms in total. The van der Waals surface area contributed by atoms with Crippen LogP contribution in [-0.2, 0) is 9.53 Å². The third-order valence-electron chi connectivity index (χ3n) is 2.30. The molecule has 1 atom stereocenters. The van der Waals surface area contributed by atoms with E-state index in [2.05, 4.69) is 12.2 Å². The largest absolute Gasteiger partial charge is 0.368 e. The lowest BCUT2D eigenvalue weighted by atomic mass is 10.2. The Morgan fingerprint density at radius 2 is 2.38 bits per heavy atom. The highest BCUT2D eigenvalue weighted by Gasteiger charge is 2.22. The Balaban J connectivity index is 2.03. The van der Waals surface area contributed by atoms with Crippen molar-refractivity contribution in [1.29, 1.82) is 0 Å². The number of carbonyl (C=O) groups is 1. The van der Waals surface area contributed by atoms with Gasteiger partial charge in [0.1, 0.15) is 6.10 Å². The first-order valence-corrected chi connectivity index (χ1v) is 5.24. The second kappa shape index (κ2) is 5.97. The first-order chi connectivity index (χ1) is 6.34. The summed E-state index contributed by atoms with van der Waals surface area (Å²) in [5.74, 6) is 0.0774. The van der Waals surface area contributed by atoms with Crippen LogP contribution in [-0.4, -0.2) is 25.2 Å². The van der Waals surface area contributed by atoms with Gasteiger partial charge in [-0.1, -0.05) is 19.8 Å². The van der Waals surface area contributed by atoms with Crippen LogP contribution in [0.2, 0.25) is 0 Å². The van der Waals surface area contributed by atoms with Crippen LogP contribution >= 0.6 is 0 Å². The van der Waals surface area contributed by atoms with Gasteiger partial charge in [0.25, 0.3) is 0 Å². The number of unbranched alkanes of at least 4 members (excludes halogenated alkanes) is 2. The van der Waals surface area contributed by atoms with Gasteiger partial charge in [0, 0.05) is 13.2 Å². The first-order valence-electron chi connectivity index (χ1n) is 5.24. The maximum absolute atomic E-state index is 11.4. The second-order valence-electron chi connectivity index (χ2n) is 3.50. The molecule has 1 aliphatic rings. The van der Waals surface area contributed by atoms with Crippen molar-refractivity contribution in [3.8, 4) is 0 Å². The van der Waals surface area contributed by atoms with Gasteiger partial charge in [-0.05, 0) is 19.3 Å². The zero-order valence-electron chi connectivity index (χ0n) is 8.34. The van der Waals surface area contributed by atoms with Crippen LogP contribution < -0.4 is 5.32 Å². The number of hydrogen-bond acceptors (Lipinski definition) is 2. The highest BCUT2D eigenvalue weighted by Crippen LogP contribution is 2.11. The Hall–Kier alpha value is -0.570. The van der Waals surface area contributed by atoms with E-state index in [-0.39, 0.29) is 12.0 Å². The van der Waals surface area contributed by atoms with Gasteiger partial charge in [0.05, 0.1) is 0 Å². The highest BCUT2D eigenvalue weighted by atomic mass is 16.5. The second-order valence-corrected chi connectivity index (χ2v) is 3.50. The fraction of sp³-hybridized carbons (Fsp3) is 0.900. The molecule has 0 aliphatic carbocycles. The Morgan fingerprint density at radius 3 is 3.00 bits per heavy atom. The Labute approximate surface area is 79.8 Å². The maximum Gasteiger partial charge on any atom is 0.249 e. The van der Waals surface area contributed by atoms with E-state index in [0.29, 0.717) is 0 Å². The van der Waals surface area contributed by atoms with Crippen molar-refractivity contribution < 1.29 is 9.53 Å². The van der Waals surface area contributed by atoms with Crippen LogP contribution in [0.3, 0.4) is 0 Å². The number of hydrogen-bond donors (Lipinski definition) is 1. The molecule has 0 saturated carbocycles. The minimum atomic E-state index is -0.165. The van der Waals surface area contributed by atoms with Gasteiger partial charge in [-0.25, -0.2) is 0 Å². The predicted molar refractivity (Wildman–Crippen MR) is 51.5 cm³/mol. The summed E-state index contributed by atoms with van der Waals surface area (Å²) in [6, 6.07) is 0. The van der Waals surface area contributed by atoms with Crippen molar-refractivity contribution in [2.24, 2.45) is 0 Å². The third kappa shape index (κ3) is 3.77.